The Bertz CT molecular complexity index is 1260. The van der Waals surface area contributed by atoms with Crippen LogP contribution >= 0.6 is 11.6 Å². The van der Waals surface area contributed by atoms with E-state index in [0.29, 0.717) is 5.02 Å². The fourth-order valence-corrected chi connectivity index (χ4v) is 3.02. The lowest BCUT2D eigenvalue weighted by molar-refractivity contribution is -0.0510. The third-order valence-corrected chi connectivity index (χ3v) is 5.50. The third kappa shape index (κ3) is 8.51. The number of pyridine rings is 1. The molecule has 0 aliphatic rings. The van der Waals surface area contributed by atoms with Crippen molar-refractivity contribution in [1.29, 1.82) is 0 Å². The Morgan fingerprint density at radius 1 is 1.06 bits per heavy atom. The summed E-state index contributed by atoms with van der Waals surface area (Å²) in [5.41, 5.74) is -2.05. The van der Waals surface area contributed by atoms with Gasteiger partial charge in [0.1, 0.15) is 5.75 Å². The van der Waals surface area contributed by atoms with E-state index in [-0.39, 0.29) is 0 Å². The zero-order valence-electron chi connectivity index (χ0n) is 18.5. The van der Waals surface area contributed by atoms with Crippen molar-refractivity contribution in [3.63, 3.8) is 0 Å². The second-order valence-corrected chi connectivity index (χ2v) is 8.88. The Morgan fingerprint density at radius 3 is 2.21 bits per heavy atom. The molecule has 0 saturated carbocycles. The van der Waals surface area contributed by atoms with Crippen LogP contribution in [0.2, 0.25) is 5.02 Å². The number of aromatic nitrogens is 1. The topological polar surface area (TPSA) is 80.9 Å². The van der Waals surface area contributed by atoms with E-state index in [2.05, 4.69) is 31.2 Å². The molecule has 1 heterocycles. The van der Waals surface area contributed by atoms with Crippen molar-refractivity contribution >= 4 is 27.4 Å². The van der Waals surface area contributed by atoms with Crippen LogP contribution in [0.3, 0.4) is 0 Å². The predicted octanol–water partition coefficient (Wildman–Crippen LogP) is 5.58. The van der Waals surface area contributed by atoms with E-state index in [0.717, 1.165) is 36.2 Å². The molecule has 0 fully saturated rings. The van der Waals surface area contributed by atoms with Gasteiger partial charge >= 0.3 is 15.6 Å². The summed E-state index contributed by atoms with van der Waals surface area (Å²) < 4.78 is 64.8. The van der Waals surface area contributed by atoms with Crippen molar-refractivity contribution in [1.82, 2.24) is 4.57 Å². The minimum Gasteiger partial charge on any atom is -0.497 e. The molecule has 0 radical (unpaired) electrons. The van der Waals surface area contributed by atoms with E-state index < -0.39 is 15.6 Å². The minimum atomic E-state index is -5.84. The Kier molecular flexibility index (Phi) is 9.72. The lowest BCUT2D eigenvalue weighted by Crippen LogP contribution is -2.21. The van der Waals surface area contributed by atoms with E-state index in [9.17, 15) is 13.2 Å². The molecule has 0 aliphatic carbocycles. The third-order valence-electron chi connectivity index (χ3n) is 4.63. The second kappa shape index (κ2) is 12.0. The number of methoxy groups -OCH3 is 1. The number of hydrogen-bond donors (Lipinski definition) is 1. The van der Waals surface area contributed by atoms with Crippen LogP contribution in [0.4, 0.5) is 18.9 Å². The Labute approximate surface area is 201 Å². The van der Waals surface area contributed by atoms with Crippen LogP contribution in [0.5, 0.6) is 5.75 Å². The smallest absolute Gasteiger partial charge is 0.497 e. The number of alkyl halides is 3. The number of halogens is 4. The van der Waals surface area contributed by atoms with Gasteiger partial charge in [-0.3, -0.25) is 4.55 Å². The van der Waals surface area contributed by atoms with Gasteiger partial charge in [0.2, 0.25) is 0 Å². The van der Waals surface area contributed by atoms with Crippen molar-refractivity contribution in [2.24, 2.45) is 4.99 Å². The van der Waals surface area contributed by atoms with Crippen LogP contribution in [0.1, 0.15) is 18.1 Å². The molecule has 3 aromatic rings. The average Bonchev–Trinajstić information content (AvgIpc) is 2.79. The average molecular weight is 517 g/mol. The molecule has 0 amide bonds. The fraction of sp³-hybridized carbons (Fsp3) is 0.261. The molecule has 0 atom stereocenters. The molecule has 0 bridgehead atoms. The van der Waals surface area contributed by atoms with Crippen LogP contribution in [0, 0.1) is 0 Å². The zero-order chi connectivity index (χ0) is 25.4. The molecular weight excluding hydrogens is 493 g/mol. The van der Waals surface area contributed by atoms with E-state index in [1.807, 2.05) is 47.3 Å². The van der Waals surface area contributed by atoms with Crippen LogP contribution in [0.25, 0.3) is 0 Å². The second-order valence-electron chi connectivity index (χ2n) is 7.06. The van der Waals surface area contributed by atoms with Gasteiger partial charge in [-0.2, -0.15) is 21.6 Å². The summed E-state index contributed by atoms with van der Waals surface area (Å²) in [5.74, 6) is 0.888. The molecule has 11 heteroatoms. The van der Waals surface area contributed by atoms with Crippen LogP contribution in [-0.2, 0) is 29.5 Å². The summed E-state index contributed by atoms with van der Waals surface area (Å²) in [6, 6.07) is 18.5. The highest BCUT2D eigenvalue weighted by molar-refractivity contribution is 7.86. The van der Waals surface area contributed by atoms with E-state index >= 15 is 0 Å². The Balaban J connectivity index is 0.000000440. The molecular formula is C23H24ClF3N2O4S. The van der Waals surface area contributed by atoms with Gasteiger partial charge in [-0.1, -0.05) is 35.9 Å². The highest BCUT2D eigenvalue weighted by Gasteiger charge is 2.44. The molecule has 0 aliphatic heterocycles. The molecule has 1 aromatic heterocycles. The lowest BCUT2D eigenvalue weighted by atomic mass is 10.0. The quantitative estimate of drug-likeness (QED) is 0.342. The first-order valence-corrected chi connectivity index (χ1v) is 11.9. The number of rotatable bonds is 6. The number of hydrogen-bond acceptors (Lipinski definition) is 4. The lowest BCUT2D eigenvalue weighted by Gasteiger charge is -2.05. The van der Waals surface area contributed by atoms with Gasteiger partial charge < -0.3 is 9.30 Å². The number of ether oxygens (including phenoxy) is 1. The maximum Gasteiger partial charge on any atom is 0.522 e. The minimum absolute atomic E-state index is 0.665. The van der Waals surface area contributed by atoms with Gasteiger partial charge in [0.25, 0.3) is 0 Å². The predicted molar refractivity (Wildman–Crippen MR) is 125 cm³/mol. The summed E-state index contributed by atoms with van der Waals surface area (Å²) in [6.07, 6.45) is 5.86. The van der Waals surface area contributed by atoms with Crippen LogP contribution < -0.4 is 10.1 Å². The maximum absolute atomic E-state index is 10.7. The number of aryl methyl sites for hydroxylation is 3. The molecule has 184 valence electrons. The normalized spacial score (nSPS) is 12.1. The van der Waals surface area contributed by atoms with E-state index in [1.165, 1.54) is 11.1 Å². The van der Waals surface area contributed by atoms with E-state index in [1.54, 1.807) is 7.11 Å². The van der Waals surface area contributed by atoms with E-state index in [4.69, 9.17) is 34.3 Å². The standard InChI is InChI=1S/C22H23ClN2O.CHF3O3S/c1-3-25-14-13-22(21(23)16-25)24-19-6-4-5-18(15-19)8-7-17-9-11-20(26-2)12-10-17;2-1(3,4)8(5,6)7/h4-6,9-16H,3,7-8H2,1-2H3;(H,5,6,7). The van der Waals surface area contributed by atoms with Crippen LogP contribution in [-0.4, -0.2) is 30.2 Å². The maximum atomic E-state index is 10.7. The molecule has 0 saturated heterocycles. The monoisotopic (exact) mass is 516 g/mol. The van der Waals surface area contributed by atoms with Gasteiger partial charge in [-0.05, 0) is 61.2 Å². The first kappa shape index (κ1) is 27.4. The molecule has 34 heavy (non-hydrogen) atoms. The van der Waals surface area contributed by atoms with Crippen LogP contribution in [0.15, 0.2) is 72.0 Å². The largest absolute Gasteiger partial charge is 0.522 e. The number of nitrogens with zero attached hydrogens (tertiary/aromatic N) is 2. The van der Waals surface area contributed by atoms with Crippen molar-refractivity contribution < 1.29 is 30.9 Å². The van der Waals surface area contributed by atoms with Crippen molar-refractivity contribution in [3.05, 3.63) is 88.5 Å². The SMILES string of the molecule is CCn1ccc(=Nc2cccc(CCc3ccc(OC)cc3)c2)c(Cl)c1.O=S(=O)(O)C(F)(F)F. The Hall–Kier alpha value is -2.82. The summed E-state index contributed by atoms with van der Waals surface area (Å²) in [5, 5.41) is 1.46. The molecule has 0 spiro atoms. The summed E-state index contributed by atoms with van der Waals surface area (Å²) in [7, 11) is -4.16. The van der Waals surface area contributed by atoms with Gasteiger partial charge in [0, 0.05) is 18.9 Å². The molecule has 3 rings (SSSR count). The summed E-state index contributed by atoms with van der Waals surface area (Å²) in [6.45, 7) is 2.97. The number of benzene rings is 2. The van der Waals surface area contributed by atoms with Crippen molar-refractivity contribution in [3.8, 4) is 5.75 Å². The van der Waals surface area contributed by atoms with Crippen molar-refractivity contribution in [2.45, 2.75) is 31.8 Å². The zero-order valence-corrected chi connectivity index (χ0v) is 20.0. The van der Waals surface area contributed by atoms with Gasteiger partial charge in [0.05, 0.1) is 23.2 Å². The molecule has 6 nitrogen and oxygen atoms in total. The molecule has 1 N–H and O–H groups in total. The molecule has 2 aromatic carbocycles. The highest BCUT2D eigenvalue weighted by Crippen LogP contribution is 2.20. The fourth-order valence-electron chi connectivity index (χ4n) is 2.79. The highest BCUT2D eigenvalue weighted by atomic mass is 35.5. The van der Waals surface area contributed by atoms with Gasteiger partial charge in [-0.15, -0.1) is 0 Å². The summed E-state index contributed by atoms with van der Waals surface area (Å²) >= 11 is 6.34. The van der Waals surface area contributed by atoms with Gasteiger partial charge in [-0.25, -0.2) is 4.99 Å². The van der Waals surface area contributed by atoms with Gasteiger partial charge in [0.15, 0.2) is 0 Å². The Morgan fingerprint density at radius 2 is 1.68 bits per heavy atom. The first-order chi connectivity index (χ1) is 15.9. The first-order valence-electron chi connectivity index (χ1n) is 10.1. The van der Waals surface area contributed by atoms with Crippen molar-refractivity contribution in [2.75, 3.05) is 7.11 Å². The summed E-state index contributed by atoms with van der Waals surface area (Å²) in [4.78, 5) is 4.69. The molecule has 0 unspecified atom stereocenters.